The highest BCUT2D eigenvalue weighted by Gasteiger charge is 2.72. The normalized spacial score (nSPS) is 38.3. The highest BCUT2D eigenvalue weighted by molar-refractivity contribution is 5.94. The van der Waals surface area contributed by atoms with Gasteiger partial charge in [-0.1, -0.05) is 38.1 Å². The van der Waals surface area contributed by atoms with Crippen molar-refractivity contribution in [2.45, 2.75) is 63.5 Å². The summed E-state index contributed by atoms with van der Waals surface area (Å²) in [5, 5.41) is 14.3. The molecule has 37 heavy (non-hydrogen) atoms. The average molecular weight is 500 g/mol. The number of phenols is 1. The molecule has 5 heteroatoms. The quantitative estimate of drug-likeness (QED) is 0.653. The summed E-state index contributed by atoms with van der Waals surface area (Å²) in [6, 6.07) is 16.8. The van der Waals surface area contributed by atoms with Crippen molar-refractivity contribution in [1.29, 1.82) is 0 Å². The maximum absolute atomic E-state index is 13.8. The predicted molar refractivity (Wildman–Crippen MR) is 146 cm³/mol. The standard InChI is InChI=1S/C32H41N3O2/c1-3-27-29-24(20-35(27)30(37)22-7-5-4-6-8-22)17-31(2)28-15-23-9-10-25(36)16-26(23)32(29,31)12-14-34(28)19-21-11-13-33-18-21/h4-10,16,21,24,27-29,33,36H,3,11-15,17-20H2,1-2H3/t21-,24-,27?,28?,29?,31?,32?/m1/s1. The van der Waals surface area contributed by atoms with Crippen molar-refractivity contribution in [2.24, 2.45) is 23.2 Å². The van der Waals surface area contributed by atoms with Crippen molar-refractivity contribution in [3.63, 3.8) is 0 Å². The van der Waals surface area contributed by atoms with E-state index in [0.717, 1.165) is 56.9 Å². The Morgan fingerprint density at radius 3 is 2.78 bits per heavy atom. The van der Waals surface area contributed by atoms with Gasteiger partial charge >= 0.3 is 0 Å². The number of carbonyl (C=O) groups excluding carboxylic acids is 1. The first-order valence-corrected chi connectivity index (χ1v) is 14.6. The third-order valence-corrected chi connectivity index (χ3v) is 11.3. The number of piperidine rings is 1. The third kappa shape index (κ3) is 3.26. The van der Waals surface area contributed by atoms with Gasteiger partial charge < -0.3 is 15.3 Å². The van der Waals surface area contributed by atoms with E-state index >= 15 is 0 Å². The topological polar surface area (TPSA) is 55.8 Å². The fourth-order valence-electron chi connectivity index (χ4n) is 10.0. The number of phenolic OH excluding ortho intramolecular Hbond substituents is 1. The highest BCUT2D eigenvalue weighted by Crippen LogP contribution is 2.71. The second-order valence-electron chi connectivity index (χ2n) is 12.8. The number of rotatable bonds is 4. The van der Waals surface area contributed by atoms with Crippen LogP contribution in [0, 0.1) is 23.2 Å². The number of carbonyl (C=O) groups is 1. The second kappa shape index (κ2) is 8.57. The van der Waals surface area contributed by atoms with Gasteiger partial charge in [-0.3, -0.25) is 9.69 Å². The SMILES string of the molecule is CCC1C2[C@@H](CN1C(=O)c1ccccc1)CC1(C)C3Cc4ccc(O)cc4C21CCN3C[C@@H]1CCNC1. The van der Waals surface area contributed by atoms with Crippen molar-refractivity contribution in [1.82, 2.24) is 15.1 Å². The van der Waals surface area contributed by atoms with E-state index in [2.05, 4.69) is 41.1 Å². The van der Waals surface area contributed by atoms with Crippen molar-refractivity contribution in [2.75, 3.05) is 32.7 Å². The van der Waals surface area contributed by atoms with Crippen LogP contribution in [-0.2, 0) is 11.8 Å². The van der Waals surface area contributed by atoms with Gasteiger partial charge in [0, 0.05) is 36.2 Å². The van der Waals surface area contributed by atoms with E-state index in [1.54, 1.807) is 0 Å². The molecule has 2 aromatic rings. The number of aromatic hydroxyl groups is 1. The summed E-state index contributed by atoms with van der Waals surface area (Å²) < 4.78 is 0. The fraction of sp³-hybridized carbons (Fsp3) is 0.594. The van der Waals surface area contributed by atoms with Gasteiger partial charge in [0.15, 0.2) is 0 Å². The minimum absolute atomic E-state index is 0.00543. The Labute approximate surface area is 221 Å². The Morgan fingerprint density at radius 1 is 1.19 bits per heavy atom. The van der Waals surface area contributed by atoms with Crippen LogP contribution >= 0.6 is 0 Å². The molecule has 196 valence electrons. The third-order valence-electron chi connectivity index (χ3n) is 11.3. The minimum Gasteiger partial charge on any atom is -0.508 e. The first-order chi connectivity index (χ1) is 18.0. The zero-order valence-electron chi connectivity index (χ0n) is 22.3. The molecule has 2 N–H and O–H groups in total. The van der Waals surface area contributed by atoms with Crippen LogP contribution in [0.4, 0.5) is 0 Å². The number of benzene rings is 2. The molecule has 2 aliphatic carbocycles. The molecule has 1 amide bonds. The molecule has 3 aliphatic heterocycles. The lowest BCUT2D eigenvalue weighted by Gasteiger charge is -2.63. The van der Waals surface area contributed by atoms with Gasteiger partial charge in [0.05, 0.1) is 0 Å². The summed E-state index contributed by atoms with van der Waals surface area (Å²) in [4.78, 5) is 18.8. The van der Waals surface area contributed by atoms with Crippen molar-refractivity contribution in [3.8, 4) is 5.75 Å². The number of fused-ring (bicyclic) bond motifs is 2. The monoisotopic (exact) mass is 499 g/mol. The van der Waals surface area contributed by atoms with Crippen LogP contribution in [0.2, 0.25) is 0 Å². The van der Waals surface area contributed by atoms with Gasteiger partial charge in [0.1, 0.15) is 5.75 Å². The summed E-state index contributed by atoms with van der Waals surface area (Å²) in [6.45, 7) is 10.3. The Balaban J connectivity index is 1.31. The number of hydrogen-bond donors (Lipinski definition) is 2. The fourth-order valence-corrected chi connectivity index (χ4v) is 10.0. The molecule has 4 fully saturated rings. The molecule has 5 nitrogen and oxygen atoms in total. The summed E-state index contributed by atoms with van der Waals surface area (Å²) >= 11 is 0. The summed E-state index contributed by atoms with van der Waals surface area (Å²) in [5.41, 5.74) is 3.79. The molecule has 0 spiro atoms. The van der Waals surface area contributed by atoms with E-state index in [4.69, 9.17) is 0 Å². The van der Waals surface area contributed by atoms with Crippen molar-refractivity contribution < 1.29 is 9.90 Å². The van der Waals surface area contributed by atoms with Crippen LogP contribution in [-0.4, -0.2) is 65.6 Å². The largest absolute Gasteiger partial charge is 0.508 e. The molecule has 7 atom stereocenters. The summed E-state index contributed by atoms with van der Waals surface area (Å²) in [7, 11) is 0. The van der Waals surface area contributed by atoms with E-state index in [0.29, 0.717) is 23.6 Å². The molecule has 0 radical (unpaired) electrons. The second-order valence-corrected chi connectivity index (χ2v) is 12.8. The van der Waals surface area contributed by atoms with Crippen LogP contribution in [0.15, 0.2) is 48.5 Å². The van der Waals surface area contributed by atoms with Crippen LogP contribution in [0.1, 0.15) is 61.0 Å². The molecule has 2 bridgehead atoms. The molecule has 1 saturated carbocycles. The van der Waals surface area contributed by atoms with Gasteiger partial charge in [-0.05, 0) is 110 Å². The number of amides is 1. The Bertz CT molecular complexity index is 1190. The lowest BCUT2D eigenvalue weighted by molar-refractivity contribution is -0.0657. The zero-order valence-corrected chi connectivity index (χ0v) is 22.3. The van der Waals surface area contributed by atoms with Gasteiger partial charge in [0.25, 0.3) is 5.91 Å². The Morgan fingerprint density at radius 2 is 2.03 bits per heavy atom. The number of hydrogen-bond acceptors (Lipinski definition) is 4. The van der Waals surface area contributed by atoms with E-state index in [1.165, 1.54) is 30.5 Å². The van der Waals surface area contributed by atoms with Gasteiger partial charge in [-0.2, -0.15) is 0 Å². The van der Waals surface area contributed by atoms with Crippen LogP contribution in [0.25, 0.3) is 0 Å². The molecule has 3 heterocycles. The van der Waals surface area contributed by atoms with E-state index in [-0.39, 0.29) is 22.8 Å². The van der Waals surface area contributed by atoms with Gasteiger partial charge in [-0.15, -0.1) is 0 Å². The zero-order chi connectivity index (χ0) is 25.4. The van der Waals surface area contributed by atoms with Gasteiger partial charge in [-0.25, -0.2) is 0 Å². The van der Waals surface area contributed by atoms with E-state index in [9.17, 15) is 9.90 Å². The molecule has 0 aromatic heterocycles. The molecule has 5 unspecified atom stereocenters. The average Bonchev–Trinajstić information content (AvgIpc) is 3.60. The number of likely N-dealkylation sites (tertiary alicyclic amines) is 2. The van der Waals surface area contributed by atoms with Crippen LogP contribution < -0.4 is 5.32 Å². The molecule has 3 saturated heterocycles. The number of nitrogens with zero attached hydrogens (tertiary/aromatic N) is 2. The van der Waals surface area contributed by atoms with E-state index in [1.807, 2.05) is 36.4 Å². The maximum Gasteiger partial charge on any atom is 0.254 e. The Hall–Kier alpha value is -2.37. The molecular formula is C32H41N3O2. The number of nitrogens with one attached hydrogen (secondary N) is 1. The predicted octanol–water partition coefficient (Wildman–Crippen LogP) is 4.45. The molecule has 5 aliphatic rings. The lowest BCUT2D eigenvalue weighted by atomic mass is 9.48. The molecular weight excluding hydrogens is 458 g/mol. The first kappa shape index (κ1) is 23.7. The first-order valence-electron chi connectivity index (χ1n) is 14.6. The van der Waals surface area contributed by atoms with Crippen molar-refractivity contribution in [3.05, 3.63) is 65.2 Å². The highest BCUT2D eigenvalue weighted by atomic mass is 16.3. The Kier molecular flexibility index (Phi) is 5.50. The molecule has 7 rings (SSSR count). The lowest BCUT2D eigenvalue weighted by Crippen LogP contribution is -2.67. The van der Waals surface area contributed by atoms with E-state index < -0.39 is 0 Å². The summed E-state index contributed by atoms with van der Waals surface area (Å²) in [6.07, 6.45) is 5.65. The van der Waals surface area contributed by atoms with Crippen LogP contribution in [0.3, 0.4) is 0 Å². The summed E-state index contributed by atoms with van der Waals surface area (Å²) in [5.74, 6) is 2.27. The maximum atomic E-state index is 13.8. The van der Waals surface area contributed by atoms with Crippen molar-refractivity contribution >= 4 is 5.91 Å². The van der Waals surface area contributed by atoms with Crippen LogP contribution in [0.5, 0.6) is 5.75 Å². The van der Waals surface area contributed by atoms with Gasteiger partial charge in [0.2, 0.25) is 0 Å². The smallest absolute Gasteiger partial charge is 0.254 e. The minimum atomic E-state index is 0.00543. The molecule has 2 aromatic carbocycles.